The molecular formula is C23H26N4O3S. The first-order valence-electron chi connectivity index (χ1n) is 10.3. The summed E-state index contributed by atoms with van der Waals surface area (Å²) in [5.41, 5.74) is 3.21. The second kappa shape index (κ2) is 8.64. The third-order valence-electron chi connectivity index (χ3n) is 5.70. The summed E-state index contributed by atoms with van der Waals surface area (Å²) in [5.74, 6) is -0.181. The molecule has 2 heterocycles. The zero-order chi connectivity index (χ0) is 22.0. The van der Waals surface area contributed by atoms with Crippen LogP contribution in [0.1, 0.15) is 34.5 Å². The van der Waals surface area contributed by atoms with Gasteiger partial charge in [0.05, 0.1) is 28.0 Å². The van der Waals surface area contributed by atoms with E-state index in [0.29, 0.717) is 36.4 Å². The summed E-state index contributed by atoms with van der Waals surface area (Å²) in [6.45, 7) is 4.55. The maximum absolute atomic E-state index is 12.9. The van der Waals surface area contributed by atoms with Crippen LogP contribution in [0.4, 0.5) is 0 Å². The SMILES string of the molecule is Cc1ccc(S(=O)(=O)N2CCC(NC(=O)c3cnn(-c4ccccc4)c3C)CC2)cc1. The van der Waals surface area contributed by atoms with E-state index >= 15 is 0 Å². The monoisotopic (exact) mass is 438 g/mol. The van der Waals surface area contributed by atoms with Gasteiger partial charge in [-0.2, -0.15) is 9.40 Å². The normalized spacial score (nSPS) is 15.7. The number of amides is 1. The highest BCUT2D eigenvalue weighted by molar-refractivity contribution is 7.89. The van der Waals surface area contributed by atoms with Crippen molar-refractivity contribution in [3.8, 4) is 5.69 Å². The molecule has 0 bridgehead atoms. The molecule has 0 radical (unpaired) electrons. The molecule has 1 aliphatic heterocycles. The Labute approximate surface area is 182 Å². The average Bonchev–Trinajstić information content (AvgIpc) is 3.16. The highest BCUT2D eigenvalue weighted by Crippen LogP contribution is 2.22. The fraction of sp³-hybridized carbons (Fsp3) is 0.304. The molecule has 1 amide bonds. The van der Waals surface area contributed by atoms with Crippen molar-refractivity contribution in [1.82, 2.24) is 19.4 Å². The number of para-hydroxylation sites is 1. The summed E-state index contributed by atoms with van der Waals surface area (Å²) in [6, 6.07) is 16.5. The van der Waals surface area contributed by atoms with Gasteiger partial charge in [0.25, 0.3) is 5.91 Å². The fourth-order valence-corrected chi connectivity index (χ4v) is 5.29. The van der Waals surface area contributed by atoms with Crippen LogP contribution >= 0.6 is 0 Å². The molecule has 1 N–H and O–H groups in total. The molecule has 8 heteroatoms. The van der Waals surface area contributed by atoms with Crippen LogP contribution in [0.25, 0.3) is 5.69 Å². The lowest BCUT2D eigenvalue weighted by Gasteiger charge is -2.31. The number of rotatable bonds is 5. The topological polar surface area (TPSA) is 84.3 Å². The molecule has 0 aliphatic carbocycles. The minimum atomic E-state index is -3.51. The van der Waals surface area contributed by atoms with E-state index in [4.69, 9.17) is 0 Å². The van der Waals surface area contributed by atoms with Gasteiger partial charge in [-0.1, -0.05) is 35.9 Å². The van der Waals surface area contributed by atoms with E-state index in [2.05, 4.69) is 10.4 Å². The van der Waals surface area contributed by atoms with Gasteiger partial charge in [0, 0.05) is 19.1 Å². The Morgan fingerprint density at radius 1 is 1.00 bits per heavy atom. The number of carbonyl (C=O) groups is 1. The van der Waals surface area contributed by atoms with E-state index in [1.165, 1.54) is 4.31 Å². The number of nitrogens with one attached hydrogen (secondary N) is 1. The van der Waals surface area contributed by atoms with Crippen molar-refractivity contribution in [3.63, 3.8) is 0 Å². The summed E-state index contributed by atoms with van der Waals surface area (Å²) >= 11 is 0. The van der Waals surface area contributed by atoms with E-state index in [0.717, 1.165) is 16.9 Å². The van der Waals surface area contributed by atoms with Crippen LogP contribution in [-0.4, -0.2) is 47.5 Å². The van der Waals surface area contributed by atoms with Gasteiger partial charge in [-0.15, -0.1) is 0 Å². The standard InChI is InChI=1S/C23H26N4O3S/c1-17-8-10-21(11-9-17)31(29,30)26-14-12-19(13-15-26)25-23(28)22-16-24-27(18(22)2)20-6-4-3-5-7-20/h3-11,16,19H,12-15H2,1-2H3,(H,25,28). The Morgan fingerprint density at radius 3 is 2.29 bits per heavy atom. The van der Waals surface area contributed by atoms with Gasteiger partial charge in [-0.25, -0.2) is 13.1 Å². The van der Waals surface area contributed by atoms with Crippen LogP contribution in [0.15, 0.2) is 65.7 Å². The minimum Gasteiger partial charge on any atom is -0.349 e. The molecule has 2 aromatic carbocycles. The van der Waals surface area contributed by atoms with Crippen molar-refractivity contribution in [1.29, 1.82) is 0 Å². The maximum Gasteiger partial charge on any atom is 0.254 e. The predicted molar refractivity (Wildman–Crippen MR) is 119 cm³/mol. The number of hydrogen-bond donors (Lipinski definition) is 1. The number of sulfonamides is 1. The fourth-order valence-electron chi connectivity index (χ4n) is 3.82. The Morgan fingerprint density at radius 2 is 1.65 bits per heavy atom. The number of benzene rings is 2. The lowest BCUT2D eigenvalue weighted by molar-refractivity contribution is 0.0923. The molecule has 1 saturated heterocycles. The molecule has 162 valence electrons. The Bertz CT molecular complexity index is 1160. The Hall–Kier alpha value is -2.97. The number of nitrogens with zero attached hydrogens (tertiary/aromatic N) is 3. The van der Waals surface area contributed by atoms with Crippen LogP contribution in [0.2, 0.25) is 0 Å². The first kappa shape index (κ1) is 21.3. The van der Waals surface area contributed by atoms with Gasteiger partial charge in [0.1, 0.15) is 0 Å². The quantitative estimate of drug-likeness (QED) is 0.664. The summed E-state index contributed by atoms with van der Waals surface area (Å²) in [7, 11) is -3.51. The highest BCUT2D eigenvalue weighted by atomic mass is 32.2. The predicted octanol–water partition coefficient (Wildman–Crippen LogP) is 3.07. The number of aryl methyl sites for hydroxylation is 1. The van der Waals surface area contributed by atoms with Crippen molar-refractivity contribution >= 4 is 15.9 Å². The first-order chi connectivity index (χ1) is 14.9. The maximum atomic E-state index is 12.9. The Kier molecular flexibility index (Phi) is 5.93. The number of aromatic nitrogens is 2. The van der Waals surface area contributed by atoms with Gasteiger partial charge < -0.3 is 5.32 Å². The van der Waals surface area contributed by atoms with Crippen molar-refractivity contribution in [3.05, 3.63) is 77.6 Å². The van der Waals surface area contributed by atoms with Gasteiger partial charge in [-0.3, -0.25) is 4.79 Å². The van der Waals surface area contributed by atoms with Crippen LogP contribution in [0, 0.1) is 13.8 Å². The largest absolute Gasteiger partial charge is 0.349 e. The molecule has 1 fully saturated rings. The molecule has 0 spiro atoms. The number of carbonyl (C=O) groups excluding carboxylic acids is 1. The van der Waals surface area contributed by atoms with Crippen LogP contribution in [0.3, 0.4) is 0 Å². The summed E-state index contributed by atoms with van der Waals surface area (Å²) in [4.78, 5) is 13.1. The molecule has 3 aromatic rings. The number of hydrogen-bond acceptors (Lipinski definition) is 4. The van der Waals surface area contributed by atoms with E-state index in [1.54, 1.807) is 35.1 Å². The lowest BCUT2D eigenvalue weighted by Crippen LogP contribution is -2.46. The van der Waals surface area contributed by atoms with E-state index in [1.807, 2.05) is 44.2 Å². The zero-order valence-corrected chi connectivity index (χ0v) is 18.5. The first-order valence-corrected chi connectivity index (χ1v) is 11.8. The van der Waals surface area contributed by atoms with E-state index in [9.17, 15) is 13.2 Å². The molecule has 1 aliphatic rings. The molecule has 0 unspecified atom stereocenters. The molecule has 4 rings (SSSR count). The second-order valence-electron chi connectivity index (χ2n) is 7.86. The van der Waals surface area contributed by atoms with Crippen LogP contribution < -0.4 is 5.32 Å². The summed E-state index contributed by atoms with van der Waals surface area (Å²) in [5, 5.41) is 7.40. The Balaban J connectivity index is 1.39. The van der Waals surface area contributed by atoms with Crippen LogP contribution in [-0.2, 0) is 10.0 Å². The van der Waals surface area contributed by atoms with Crippen molar-refractivity contribution in [2.24, 2.45) is 0 Å². The van der Waals surface area contributed by atoms with Crippen LogP contribution in [0.5, 0.6) is 0 Å². The minimum absolute atomic E-state index is 0.0727. The molecular weight excluding hydrogens is 412 g/mol. The lowest BCUT2D eigenvalue weighted by atomic mass is 10.1. The third kappa shape index (κ3) is 4.40. The average molecular weight is 439 g/mol. The summed E-state index contributed by atoms with van der Waals surface area (Å²) < 4.78 is 29.0. The third-order valence-corrected chi connectivity index (χ3v) is 7.62. The molecule has 1 aromatic heterocycles. The van der Waals surface area contributed by atoms with E-state index < -0.39 is 10.0 Å². The van der Waals surface area contributed by atoms with Crippen molar-refractivity contribution < 1.29 is 13.2 Å². The zero-order valence-electron chi connectivity index (χ0n) is 17.7. The summed E-state index contributed by atoms with van der Waals surface area (Å²) in [6.07, 6.45) is 2.72. The second-order valence-corrected chi connectivity index (χ2v) is 9.79. The van der Waals surface area contributed by atoms with Crippen molar-refractivity contribution in [2.45, 2.75) is 37.6 Å². The van der Waals surface area contributed by atoms with E-state index in [-0.39, 0.29) is 11.9 Å². The molecule has 7 nitrogen and oxygen atoms in total. The molecule has 0 saturated carbocycles. The van der Waals surface area contributed by atoms with Gasteiger partial charge in [-0.05, 0) is 51.0 Å². The number of piperidine rings is 1. The van der Waals surface area contributed by atoms with Gasteiger partial charge in [0.15, 0.2) is 0 Å². The van der Waals surface area contributed by atoms with Gasteiger partial charge in [0.2, 0.25) is 10.0 Å². The molecule has 0 atom stereocenters. The van der Waals surface area contributed by atoms with Gasteiger partial charge >= 0.3 is 0 Å². The highest BCUT2D eigenvalue weighted by Gasteiger charge is 2.30. The smallest absolute Gasteiger partial charge is 0.254 e. The molecule has 31 heavy (non-hydrogen) atoms. The van der Waals surface area contributed by atoms with Crippen molar-refractivity contribution in [2.75, 3.05) is 13.1 Å².